The Morgan fingerprint density at radius 3 is 3.19 bits per heavy atom. The lowest BCUT2D eigenvalue weighted by molar-refractivity contribution is -0.137. The summed E-state index contributed by atoms with van der Waals surface area (Å²) in [5.41, 5.74) is 0. The molecule has 0 aromatic rings. The highest BCUT2D eigenvalue weighted by Gasteiger charge is 2.42. The molecule has 3 N–H and O–H groups in total. The van der Waals surface area contributed by atoms with Gasteiger partial charge in [-0.3, -0.25) is 4.79 Å². The molecule has 0 saturated carbocycles. The Kier molecular flexibility index (Phi) is 2.54. The fraction of sp³-hybridized carbons (Fsp3) is 0.800. The molecule has 0 spiro atoms. The van der Waals surface area contributed by atoms with E-state index in [-0.39, 0.29) is 29.8 Å². The van der Waals surface area contributed by atoms with Crippen LogP contribution < -0.4 is 10.6 Å². The van der Waals surface area contributed by atoms with Crippen molar-refractivity contribution in [1.82, 2.24) is 10.6 Å². The second-order valence-corrected chi connectivity index (χ2v) is 5.12. The molecule has 1 unspecified atom stereocenters. The van der Waals surface area contributed by atoms with E-state index in [4.69, 9.17) is 9.22 Å². The molecule has 2 aliphatic rings. The summed E-state index contributed by atoms with van der Waals surface area (Å²) in [4.78, 5) is 21.9. The van der Waals surface area contributed by atoms with Crippen molar-refractivity contribution in [2.45, 2.75) is 42.9 Å². The van der Waals surface area contributed by atoms with Crippen molar-refractivity contribution in [2.75, 3.05) is 5.75 Å². The molecule has 2 rings (SSSR count). The number of amides is 2. The van der Waals surface area contributed by atoms with Gasteiger partial charge in [-0.2, -0.15) is 11.8 Å². The number of hydrogen-bond acceptors (Lipinski definition) is 3. The average molecular weight is 250 g/mol. The van der Waals surface area contributed by atoms with Crippen LogP contribution in [0.25, 0.3) is 0 Å². The van der Waals surface area contributed by atoms with E-state index in [1.54, 1.807) is 11.8 Å². The summed E-state index contributed by atoms with van der Waals surface area (Å²) in [6, 6.07) is -0.105. The number of carboxylic acids is 1. The number of carboxylic acid groups (broad SMARTS) is 1. The number of hydrogen-bond donors (Lipinski definition) is 3. The Hall–Kier alpha value is -0.910. The maximum Gasteiger partial charge on any atom is 0.315 e. The third kappa shape index (κ3) is 2.61. The van der Waals surface area contributed by atoms with E-state index in [0.29, 0.717) is 6.42 Å². The smallest absolute Gasteiger partial charge is 0.315 e. The monoisotopic (exact) mass is 250 g/mol. The van der Waals surface area contributed by atoms with Gasteiger partial charge in [0, 0.05) is 21.5 Å². The predicted octanol–water partition coefficient (Wildman–Crippen LogP) is 0.797. The molecule has 0 aromatic carbocycles. The van der Waals surface area contributed by atoms with Crippen molar-refractivity contribution in [3.8, 4) is 0 Å². The molecule has 5 nitrogen and oxygen atoms in total. The lowest BCUT2D eigenvalue weighted by Crippen LogP contribution is -2.36. The van der Waals surface area contributed by atoms with Crippen LogP contribution in [0, 0.1) is 0 Å². The van der Waals surface area contributed by atoms with Gasteiger partial charge < -0.3 is 15.7 Å². The molecule has 16 heavy (non-hydrogen) atoms. The summed E-state index contributed by atoms with van der Waals surface area (Å²) in [6.07, 6.45) is -3.14. The zero-order chi connectivity index (χ0) is 14.2. The number of carbonyl (C=O) groups excluding carboxylic acids is 1. The van der Waals surface area contributed by atoms with E-state index in [1.165, 1.54) is 0 Å². The minimum atomic E-state index is -2.53. The molecule has 2 aliphatic heterocycles. The van der Waals surface area contributed by atoms with Crippen LogP contribution in [0.4, 0.5) is 4.79 Å². The summed E-state index contributed by atoms with van der Waals surface area (Å²) in [6.45, 7) is 0. The first-order valence-electron chi connectivity index (χ1n) is 6.74. The third-order valence-corrected chi connectivity index (χ3v) is 4.27. The summed E-state index contributed by atoms with van der Waals surface area (Å²) < 4.78 is 22.3. The van der Waals surface area contributed by atoms with Gasteiger partial charge in [0.15, 0.2) is 0 Å². The van der Waals surface area contributed by atoms with Gasteiger partial charge in [-0.15, -0.1) is 0 Å². The van der Waals surface area contributed by atoms with E-state index < -0.39 is 18.7 Å². The van der Waals surface area contributed by atoms with Crippen LogP contribution in [0.15, 0.2) is 0 Å². The minimum absolute atomic E-state index is 0.000366. The Bertz CT molecular complexity index is 396. The lowest BCUT2D eigenvalue weighted by atomic mass is 10.0. The van der Waals surface area contributed by atoms with Gasteiger partial charge in [-0.05, 0) is 12.8 Å². The Morgan fingerprint density at radius 2 is 2.44 bits per heavy atom. The molecule has 2 saturated heterocycles. The Morgan fingerprint density at radius 1 is 1.62 bits per heavy atom. The lowest BCUT2D eigenvalue weighted by Gasteiger charge is -2.16. The summed E-state index contributed by atoms with van der Waals surface area (Å²) >= 11 is 1.67. The number of thioether (sulfide) groups is 1. The maximum absolute atomic E-state index is 11.2. The van der Waals surface area contributed by atoms with Crippen LogP contribution in [0.5, 0.6) is 0 Å². The number of urea groups is 1. The van der Waals surface area contributed by atoms with Crippen molar-refractivity contribution in [3.63, 3.8) is 0 Å². The zero-order valence-electron chi connectivity index (χ0n) is 11.6. The van der Waals surface area contributed by atoms with Crippen molar-refractivity contribution in [1.29, 1.82) is 0 Å². The van der Waals surface area contributed by atoms with Crippen LogP contribution in [0.1, 0.15) is 29.7 Å². The summed E-state index contributed by atoms with van der Waals surface area (Å²) in [5, 5.41) is 14.4. The van der Waals surface area contributed by atoms with Crippen molar-refractivity contribution < 1.29 is 18.8 Å². The minimum Gasteiger partial charge on any atom is -0.481 e. The fourth-order valence-corrected chi connectivity index (χ4v) is 3.56. The normalized spacial score (nSPS) is 37.6. The maximum atomic E-state index is 11.2. The average Bonchev–Trinajstić information content (AvgIpc) is 2.85. The van der Waals surface area contributed by atoms with Crippen molar-refractivity contribution in [2.24, 2.45) is 0 Å². The second kappa shape index (κ2) is 4.95. The number of aliphatic carboxylic acids is 1. The standard InChI is InChI=1S/C10H16N2O3S/c13-8(14)4-2-1-3-7-9-6(5-16-7)11-10(15)12-9/h6-7,9H,1-5H2,(H,13,14)(H2,11,12,15)/t6-,7-,9-/m0/s1/i2T,4T2/t2?,6-,7-,9-. The number of nitrogens with one attached hydrogen (secondary N) is 2. The number of fused-ring (bicyclic) bond motifs is 1. The van der Waals surface area contributed by atoms with Gasteiger partial charge in [0.05, 0.1) is 12.1 Å². The molecule has 90 valence electrons. The number of rotatable bonds is 5. The van der Waals surface area contributed by atoms with Gasteiger partial charge in [0.25, 0.3) is 0 Å². The molecule has 0 radical (unpaired) electrons. The first-order valence-corrected chi connectivity index (χ1v) is 6.21. The van der Waals surface area contributed by atoms with Crippen LogP contribution >= 0.6 is 11.8 Å². The SMILES string of the molecule is [3H]C(CC[C@@H]1SC[C@@H]2NC(=O)N[C@@H]21)C([3H])([3H])C(=O)O. The summed E-state index contributed by atoms with van der Waals surface area (Å²) in [7, 11) is 0. The van der Waals surface area contributed by atoms with Crippen LogP contribution in [0.3, 0.4) is 0 Å². The van der Waals surface area contributed by atoms with Gasteiger partial charge >= 0.3 is 12.0 Å². The van der Waals surface area contributed by atoms with Crippen LogP contribution in [0.2, 0.25) is 0 Å². The van der Waals surface area contributed by atoms with Gasteiger partial charge in [0.2, 0.25) is 0 Å². The summed E-state index contributed by atoms with van der Waals surface area (Å²) in [5.74, 6) is -0.803. The number of carbonyl (C=O) groups is 2. The van der Waals surface area contributed by atoms with E-state index in [0.717, 1.165) is 5.75 Å². The molecule has 2 fully saturated rings. The highest BCUT2D eigenvalue weighted by molar-refractivity contribution is 8.00. The zero-order valence-corrected chi connectivity index (χ0v) is 9.42. The van der Waals surface area contributed by atoms with Gasteiger partial charge in [0.1, 0.15) is 0 Å². The first-order chi connectivity index (χ1) is 8.82. The molecular weight excluding hydrogens is 228 g/mol. The third-order valence-electron chi connectivity index (χ3n) is 2.76. The first kappa shape index (κ1) is 8.22. The van der Waals surface area contributed by atoms with E-state index in [2.05, 4.69) is 10.6 Å². The Balaban J connectivity index is 1.86. The molecular formula is C10H16N2O3S. The highest BCUT2D eigenvalue weighted by atomic mass is 32.2. The molecule has 0 aliphatic carbocycles. The van der Waals surface area contributed by atoms with Crippen LogP contribution in [-0.2, 0) is 4.79 Å². The quantitative estimate of drug-likeness (QED) is 0.631. The van der Waals surface area contributed by atoms with Gasteiger partial charge in [-0.25, -0.2) is 4.79 Å². The van der Waals surface area contributed by atoms with E-state index in [9.17, 15) is 9.59 Å². The predicted molar refractivity (Wildman–Crippen MR) is 61.6 cm³/mol. The molecule has 0 bridgehead atoms. The van der Waals surface area contributed by atoms with Crippen molar-refractivity contribution >= 4 is 23.8 Å². The van der Waals surface area contributed by atoms with E-state index in [1.807, 2.05) is 0 Å². The second-order valence-electron chi connectivity index (χ2n) is 3.85. The molecule has 2 heterocycles. The van der Waals surface area contributed by atoms with E-state index >= 15 is 0 Å². The van der Waals surface area contributed by atoms with Crippen molar-refractivity contribution in [3.05, 3.63) is 0 Å². The van der Waals surface area contributed by atoms with Gasteiger partial charge in [-0.1, -0.05) is 6.42 Å². The molecule has 2 amide bonds. The van der Waals surface area contributed by atoms with Crippen LogP contribution in [-0.4, -0.2) is 40.2 Å². The molecule has 0 aromatic heterocycles. The topological polar surface area (TPSA) is 78.4 Å². The molecule has 4 atom stereocenters. The highest BCUT2D eigenvalue weighted by Crippen LogP contribution is 2.33. The Labute approximate surface area is 103 Å². The fourth-order valence-electron chi connectivity index (χ4n) is 2.05. The largest absolute Gasteiger partial charge is 0.481 e. The molecule has 6 heteroatoms.